The van der Waals surface area contributed by atoms with Crippen molar-refractivity contribution in [2.24, 2.45) is 0 Å². The molecule has 1 fully saturated rings. The van der Waals surface area contributed by atoms with Crippen molar-refractivity contribution in [1.29, 1.82) is 0 Å². The van der Waals surface area contributed by atoms with Crippen LogP contribution in [-0.4, -0.2) is 31.2 Å². The minimum atomic E-state index is -3.83. The van der Waals surface area contributed by atoms with Crippen molar-refractivity contribution in [2.75, 3.05) is 11.9 Å². The van der Waals surface area contributed by atoms with Crippen LogP contribution in [0.3, 0.4) is 0 Å². The first-order valence-electron chi connectivity index (χ1n) is 9.30. The molecular weight excluding hydrogens is 499 g/mol. The summed E-state index contributed by atoms with van der Waals surface area (Å²) in [5, 5.41) is 3.22. The lowest BCUT2D eigenvalue weighted by Gasteiger charge is -2.33. The van der Waals surface area contributed by atoms with Crippen molar-refractivity contribution in [1.82, 2.24) is 4.31 Å². The highest BCUT2D eigenvalue weighted by Crippen LogP contribution is 2.31. The zero-order valence-electron chi connectivity index (χ0n) is 15.6. The summed E-state index contributed by atoms with van der Waals surface area (Å²) in [4.78, 5) is 12.9. The molecular formula is C20H21BrCl2N2O3S. The molecule has 0 aromatic heterocycles. The number of halogens is 3. The van der Waals surface area contributed by atoms with Gasteiger partial charge in [0.05, 0.1) is 27.2 Å². The predicted octanol–water partition coefficient (Wildman–Crippen LogP) is 5.72. The summed E-state index contributed by atoms with van der Waals surface area (Å²) in [5.41, 5.74) is 0.355. The third-order valence-electron chi connectivity index (χ3n) is 4.93. The van der Waals surface area contributed by atoms with Crippen LogP contribution < -0.4 is 5.32 Å². The van der Waals surface area contributed by atoms with Gasteiger partial charge in [0.15, 0.2) is 0 Å². The van der Waals surface area contributed by atoms with Crippen molar-refractivity contribution in [3.63, 3.8) is 0 Å². The summed E-state index contributed by atoms with van der Waals surface area (Å²) in [7, 11) is -3.83. The number of benzene rings is 2. The van der Waals surface area contributed by atoms with Crippen LogP contribution in [0.2, 0.25) is 10.0 Å². The molecule has 156 valence electrons. The smallest absolute Gasteiger partial charge is 0.243 e. The van der Waals surface area contributed by atoms with Gasteiger partial charge in [-0.1, -0.05) is 64.5 Å². The van der Waals surface area contributed by atoms with Crippen LogP contribution >= 0.6 is 39.1 Å². The highest BCUT2D eigenvalue weighted by Gasteiger charge is 2.34. The maximum Gasteiger partial charge on any atom is 0.243 e. The molecule has 9 heteroatoms. The number of nitrogens with one attached hydrogen (secondary N) is 1. The molecule has 1 amide bonds. The molecule has 5 nitrogen and oxygen atoms in total. The Morgan fingerprint density at radius 1 is 1.07 bits per heavy atom. The fourth-order valence-corrected chi connectivity index (χ4v) is 5.71. The second-order valence-electron chi connectivity index (χ2n) is 6.95. The lowest BCUT2D eigenvalue weighted by molar-refractivity contribution is -0.116. The van der Waals surface area contributed by atoms with Crippen LogP contribution in [0.1, 0.15) is 32.1 Å². The highest BCUT2D eigenvalue weighted by atomic mass is 79.9. The van der Waals surface area contributed by atoms with Crippen LogP contribution in [-0.2, 0) is 14.8 Å². The summed E-state index contributed by atoms with van der Waals surface area (Å²) in [6, 6.07) is 11.1. The summed E-state index contributed by atoms with van der Waals surface area (Å²) in [6.45, 7) is -0.286. The topological polar surface area (TPSA) is 66.5 Å². The number of carbonyl (C=O) groups excluding carboxylic acids is 1. The maximum absolute atomic E-state index is 13.3. The van der Waals surface area contributed by atoms with Gasteiger partial charge in [-0.25, -0.2) is 8.42 Å². The Morgan fingerprint density at radius 2 is 1.72 bits per heavy atom. The highest BCUT2D eigenvalue weighted by molar-refractivity contribution is 9.10. The van der Waals surface area contributed by atoms with E-state index in [9.17, 15) is 13.2 Å². The largest absolute Gasteiger partial charge is 0.324 e. The van der Waals surface area contributed by atoms with E-state index < -0.39 is 15.9 Å². The quantitative estimate of drug-likeness (QED) is 0.530. The first-order chi connectivity index (χ1) is 13.8. The lowest BCUT2D eigenvalue weighted by Crippen LogP contribution is -2.45. The monoisotopic (exact) mass is 518 g/mol. The zero-order valence-corrected chi connectivity index (χ0v) is 19.5. The van der Waals surface area contributed by atoms with Gasteiger partial charge in [-0.05, 0) is 49.2 Å². The first kappa shape index (κ1) is 22.6. The van der Waals surface area contributed by atoms with Crippen LogP contribution in [0.5, 0.6) is 0 Å². The van der Waals surface area contributed by atoms with Gasteiger partial charge in [-0.3, -0.25) is 4.79 Å². The molecule has 2 aromatic carbocycles. The lowest BCUT2D eigenvalue weighted by atomic mass is 9.95. The third-order valence-corrected chi connectivity index (χ3v) is 8.19. The number of rotatable bonds is 6. The second kappa shape index (κ2) is 9.79. The Balaban J connectivity index is 1.86. The van der Waals surface area contributed by atoms with E-state index in [-0.39, 0.29) is 22.5 Å². The van der Waals surface area contributed by atoms with Crippen LogP contribution in [0, 0.1) is 0 Å². The summed E-state index contributed by atoms with van der Waals surface area (Å²) in [5.74, 6) is -0.458. The van der Waals surface area contributed by atoms with Gasteiger partial charge < -0.3 is 5.32 Å². The molecule has 0 atom stereocenters. The van der Waals surface area contributed by atoms with E-state index in [0.29, 0.717) is 10.7 Å². The molecule has 1 N–H and O–H groups in total. The molecule has 1 aliphatic carbocycles. The maximum atomic E-state index is 13.3. The van der Waals surface area contributed by atoms with Crippen molar-refractivity contribution in [3.8, 4) is 0 Å². The van der Waals surface area contributed by atoms with Gasteiger partial charge in [0.2, 0.25) is 15.9 Å². The third kappa shape index (κ3) is 5.52. The fraction of sp³-hybridized carbons (Fsp3) is 0.350. The molecule has 0 bridgehead atoms. The molecule has 1 saturated carbocycles. The summed E-state index contributed by atoms with van der Waals surface area (Å²) >= 11 is 15.5. The van der Waals surface area contributed by atoms with Crippen LogP contribution in [0.25, 0.3) is 0 Å². The molecule has 1 aliphatic rings. The molecule has 0 heterocycles. The summed E-state index contributed by atoms with van der Waals surface area (Å²) in [6.07, 6.45) is 4.44. The summed E-state index contributed by atoms with van der Waals surface area (Å²) < 4.78 is 28.8. The Labute approximate surface area is 189 Å². The first-order valence-corrected chi connectivity index (χ1v) is 12.3. The van der Waals surface area contributed by atoms with E-state index in [1.54, 1.807) is 42.5 Å². The Kier molecular flexibility index (Phi) is 7.62. The van der Waals surface area contributed by atoms with Crippen molar-refractivity contribution in [2.45, 2.75) is 43.0 Å². The molecule has 0 spiro atoms. The number of sulfonamides is 1. The van der Waals surface area contributed by atoms with Crippen molar-refractivity contribution >= 4 is 60.7 Å². The Bertz CT molecular complexity index is 978. The fourth-order valence-electron chi connectivity index (χ4n) is 3.45. The standard InChI is InChI=1S/C20H21BrCl2N2O3S/c21-14-9-11-16(12-10-14)29(27,28)25(15-5-2-1-3-6-15)13-19(26)24-18-8-4-7-17(22)20(18)23/h4,7-12,15H,1-3,5-6,13H2,(H,24,26). The zero-order chi connectivity index (χ0) is 21.0. The van der Waals surface area contributed by atoms with E-state index in [4.69, 9.17) is 23.2 Å². The van der Waals surface area contributed by atoms with E-state index in [0.717, 1.165) is 36.6 Å². The van der Waals surface area contributed by atoms with E-state index in [1.165, 1.54) is 4.31 Å². The van der Waals surface area contributed by atoms with Gasteiger partial charge >= 0.3 is 0 Å². The van der Waals surface area contributed by atoms with Crippen molar-refractivity contribution < 1.29 is 13.2 Å². The Morgan fingerprint density at radius 3 is 2.38 bits per heavy atom. The molecule has 0 unspecified atom stereocenters. The number of hydrogen-bond donors (Lipinski definition) is 1. The number of carbonyl (C=O) groups is 1. The second-order valence-corrected chi connectivity index (χ2v) is 10.5. The predicted molar refractivity (Wildman–Crippen MR) is 120 cm³/mol. The van der Waals surface area contributed by atoms with Gasteiger partial charge in [-0.2, -0.15) is 4.31 Å². The van der Waals surface area contributed by atoms with Gasteiger partial charge in [0, 0.05) is 10.5 Å². The molecule has 3 rings (SSSR count). The molecule has 29 heavy (non-hydrogen) atoms. The minimum Gasteiger partial charge on any atom is -0.324 e. The van der Waals surface area contributed by atoms with Crippen LogP contribution in [0.15, 0.2) is 51.8 Å². The minimum absolute atomic E-state index is 0.167. The number of anilines is 1. The van der Waals surface area contributed by atoms with Gasteiger partial charge in [0.25, 0.3) is 0 Å². The average Bonchev–Trinajstić information content (AvgIpc) is 2.70. The molecule has 0 aliphatic heterocycles. The van der Waals surface area contributed by atoms with Crippen molar-refractivity contribution in [3.05, 3.63) is 57.0 Å². The SMILES string of the molecule is O=C(CN(C1CCCCC1)S(=O)(=O)c1ccc(Br)cc1)Nc1cccc(Cl)c1Cl. The van der Waals surface area contributed by atoms with E-state index in [2.05, 4.69) is 21.2 Å². The number of hydrogen-bond acceptors (Lipinski definition) is 3. The van der Waals surface area contributed by atoms with Gasteiger partial charge in [0.1, 0.15) is 0 Å². The number of amides is 1. The van der Waals surface area contributed by atoms with Crippen LogP contribution in [0.4, 0.5) is 5.69 Å². The normalized spacial score (nSPS) is 15.4. The number of nitrogens with zero attached hydrogens (tertiary/aromatic N) is 1. The van der Waals surface area contributed by atoms with E-state index >= 15 is 0 Å². The molecule has 0 saturated heterocycles. The van der Waals surface area contributed by atoms with E-state index in [1.807, 2.05) is 0 Å². The Hall–Kier alpha value is -1.12. The molecule has 2 aromatic rings. The molecule has 0 radical (unpaired) electrons. The van der Waals surface area contributed by atoms with Gasteiger partial charge in [-0.15, -0.1) is 0 Å². The average molecular weight is 520 g/mol.